The van der Waals surface area contributed by atoms with E-state index in [1.807, 2.05) is 42.5 Å². The molecule has 0 bridgehead atoms. The minimum absolute atomic E-state index is 0.519. The zero-order valence-electron chi connectivity index (χ0n) is 12.3. The van der Waals surface area contributed by atoms with Gasteiger partial charge < -0.3 is 10.1 Å². The highest BCUT2D eigenvalue weighted by Gasteiger charge is 2.05. The van der Waals surface area contributed by atoms with Crippen LogP contribution in [0.5, 0.6) is 0 Å². The average Bonchev–Trinajstić information content (AvgIpc) is 2.54. The van der Waals surface area contributed by atoms with Gasteiger partial charge in [-0.3, -0.25) is 0 Å². The number of nitrogens with zero attached hydrogens (tertiary/aromatic N) is 1. The molecule has 0 radical (unpaired) electrons. The van der Waals surface area contributed by atoms with Crippen molar-refractivity contribution >= 4 is 28.2 Å². The van der Waals surface area contributed by atoms with Gasteiger partial charge >= 0.3 is 0 Å². The lowest BCUT2D eigenvalue weighted by atomic mass is 10.1. The van der Waals surface area contributed by atoms with E-state index in [0.717, 1.165) is 16.6 Å². The van der Waals surface area contributed by atoms with E-state index in [0.29, 0.717) is 18.3 Å². The minimum atomic E-state index is 0.519. The monoisotopic (exact) mass is 312 g/mol. The molecular formula is C18H17ClN2O. The van der Waals surface area contributed by atoms with Gasteiger partial charge in [0.2, 0.25) is 0 Å². The van der Waals surface area contributed by atoms with E-state index in [-0.39, 0.29) is 0 Å². The molecule has 0 atom stereocenters. The Labute approximate surface area is 134 Å². The summed E-state index contributed by atoms with van der Waals surface area (Å²) in [5.41, 5.74) is 2.36. The SMILES string of the molecule is COCc1ccccc1CNc1cc2ccccc2c(Cl)n1. The molecule has 0 amide bonds. The molecule has 1 heterocycles. The maximum atomic E-state index is 6.25. The molecule has 3 aromatic rings. The van der Waals surface area contributed by atoms with E-state index in [2.05, 4.69) is 22.4 Å². The fourth-order valence-corrected chi connectivity index (χ4v) is 2.72. The number of ether oxygens (including phenoxy) is 1. The molecule has 1 aromatic heterocycles. The Morgan fingerprint density at radius 1 is 1.05 bits per heavy atom. The third-order valence-corrected chi connectivity index (χ3v) is 3.86. The summed E-state index contributed by atoms with van der Waals surface area (Å²) < 4.78 is 5.23. The highest BCUT2D eigenvalue weighted by molar-refractivity contribution is 6.34. The predicted octanol–water partition coefficient (Wildman–Crippen LogP) is 4.65. The molecule has 0 saturated heterocycles. The smallest absolute Gasteiger partial charge is 0.139 e. The minimum Gasteiger partial charge on any atom is -0.380 e. The number of rotatable bonds is 5. The zero-order valence-corrected chi connectivity index (χ0v) is 13.1. The number of pyridine rings is 1. The van der Waals surface area contributed by atoms with Gasteiger partial charge in [0.1, 0.15) is 11.0 Å². The van der Waals surface area contributed by atoms with Crippen LogP contribution in [0.2, 0.25) is 5.15 Å². The van der Waals surface area contributed by atoms with Gasteiger partial charge in [-0.2, -0.15) is 0 Å². The number of methoxy groups -OCH3 is 1. The van der Waals surface area contributed by atoms with Crippen LogP contribution >= 0.6 is 11.6 Å². The summed E-state index contributed by atoms with van der Waals surface area (Å²) in [6, 6.07) is 18.2. The molecular weight excluding hydrogens is 296 g/mol. The van der Waals surface area contributed by atoms with Crippen LogP contribution in [0.25, 0.3) is 10.8 Å². The second-order valence-electron chi connectivity index (χ2n) is 5.07. The van der Waals surface area contributed by atoms with E-state index in [9.17, 15) is 0 Å². The van der Waals surface area contributed by atoms with Crippen molar-refractivity contribution in [3.8, 4) is 0 Å². The largest absolute Gasteiger partial charge is 0.380 e. The van der Waals surface area contributed by atoms with Crippen LogP contribution in [-0.2, 0) is 17.9 Å². The fraction of sp³-hybridized carbons (Fsp3) is 0.167. The second-order valence-corrected chi connectivity index (χ2v) is 5.43. The summed E-state index contributed by atoms with van der Waals surface area (Å²) in [6.45, 7) is 1.28. The maximum Gasteiger partial charge on any atom is 0.139 e. The number of benzene rings is 2. The Morgan fingerprint density at radius 3 is 2.59 bits per heavy atom. The molecule has 0 saturated carbocycles. The van der Waals surface area contributed by atoms with Crippen LogP contribution in [0.4, 0.5) is 5.82 Å². The molecule has 22 heavy (non-hydrogen) atoms. The first-order valence-corrected chi connectivity index (χ1v) is 7.50. The predicted molar refractivity (Wildman–Crippen MR) is 91.2 cm³/mol. The van der Waals surface area contributed by atoms with Crippen molar-refractivity contribution in [2.24, 2.45) is 0 Å². The first kappa shape index (κ1) is 14.8. The highest BCUT2D eigenvalue weighted by Crippen LogP contribution is 2.24. The van der Waals surface area contributed by atoms with Gasteiger partial charge in [-0.1, -0.05) is 60.1 Å². The van der Waals surface area contributed by atoms with E-state index >= 15 is 0 Å². The van der Waals surface area contributed by atoms with E-state index in [4.69, 9.17) is 16.3 Å². The summed E-state index contributed by atoms with van der Waals surface area (Å²) in [6.07, 6.45) is 0. The molecule has 112 valence electrons. The van der Waals surface area contributed by atoms with Crippen LogP contribution < -0.4 is 5.32 Å². The second kappa shape index (κ2) is 6.77. The molecule has 2 aromatic carbocycles. The van der Waals surface area contributed by atoms with Gasteiger partial charge in [0, 0.05) is 19.0 Å². The summed E-state index contributed by atoms with van der Waals surface area (Å²) in [5.74, 6) is 0.774. The van der Waals surface area contributed by atoms with E-state index in [1.165, 1.54) is 11.1 Å². The van der Waals surface area contributed by atoms with Crippen molar-refractivity contribution < 1.29 is 4.74 Å². The van der Waals surface area contributed by atoms with Gasteiger partial charge in [-0.05, 0) is 22.6 Å². The molecule has 0 spiro atoms. The molecule has 3 nitrogen and oxygen atoms in total. The van der Waals surface area contributed by atoms with E-state index in [1.54, 1.807) is 7.11 Å². The molecule has 4 heteroatoms. The summed E-state index contributed by atoms with van der Waals surface area (Å²) in [7, 11) is 1.70. The van der Waals surface area contributed by atoms with Gasteiger partial charge in [0.25, 0.3) is 0 Å². The molecule has 0 aliphatic heterocycles. The third kappa shape index (κ3) is 3.21. The topological polar surface area (TPSA) is 34.1 Å². The van der Waals surface area contributed by atoms with Gasteiger partial charge in [0.15, 0.2) is 0 Å². The molecule has 0 aliphatic carbocycles. The lowest BCUT2D eigenvalue weighted by Gasteiger charge is -2.11. The first-order chi connectivity index (χ1) is 10.8. The van der Waals surface area contributed by atoms with Gasteiger partial charge in [-0.25, -0.2) is 4.98 Å². The molecule has 0 aliphatic rings. The number of hydrogen-bond acceptors (Lipinski definition) is 3. The number of fused-ring (bicyclic) bond motifs is 1. The van der Waals surface area contributed by atoms with Crippen molar-refractivity contribution in [3.05, 3.63) is 70.9 Å². The Bertz CT molecular complexity index is 789. The van der Waals surface area contributed by atoms with Crippen molar-refractivity contribution in [1.82, 2.24) is 4.98 Å². The Morgan fingerprint density at radius 2 is 1.77 bits per heavy atom. The lowest BCUT2D eigenvalue weighted by Crippen LogP contribution is -2.05. The number of halogens is 1. The third-order valence-electron chi connectivity index (χ3n) is 3.57. The van der Waals surface area contributed by atoms with Crippen molar-refractivity contribution in [3.63, 3.8) is 0 Å². The van der Waals surface area contributed by atoms with Gasteiger partial charge in [0.05, 0.1) is 6.61 Å². The van der Waals surface area contributed by atoms with Crippen molar-refractivity contribution in [1.29, 1.82) is 0 Å². The first-order valence-electron chi connectivity index (χ1n) is 7.13. The molecule has 3 rings (SSSR count). The molecule has 0 fully saturated rings. The summed E-state index contributed by atoms with van der Waals surface area (Å²) in [4.78, 5) is 4.42. The Balaban J connectivity index is 1.82. The van der Waals surface area contributed by atoms with Crippen molar-refractivity contribution in [2.75, 3.05) is 12.4 Å². The molecule has 1 N–H and O–H groups in total. The Kier molecular flexibility index (Phi) is 4.56. The normalized spacial score (nSPS) is 10.8. The standard InChI is InChI=1S/C18H17ClN2O/c1-22-12-15-8-3-2-7-14(15)11-20-17-10-13-6-4-5-9-16(13)18(19)21-17/h2-10H,11-12H2,1H3,(H,20,21). The quantitative estimate of drug-likeness (QED) is 0.696. The van der Waals surface area contributed by atoms with Gasteiger partial charge in [-0.15, -0.1) is 0 Å². The average molecular weight is 313 g/mol. The maximum absolute atomic E-state index is 6.25. The lowest BCUT2D eigenvalue weighted by molar-refractivity contribution is 0.184. The molecule has 0 unspecified atom stereocenters. The number of nitrogens with one attached hydrogen (secondary N) is 1. The Hall–Kier alpha value is -2.10. The highest BCUT2D eigenvalue weighted by atomic mass is 35.5. The number of anilines is 1. The van der Waals surface area contributed by atoms with Crippen LogP contribution in [0, 0.1) is 0 Å². The summed E-state index contributed by atoms with van der Waals surface area (Å²) in [5, 5.41) is 5.91. The number of hydrogen-bond donors (Lipinski definition) is 1. The zero-order chi connectivity index (χ0) is 15.4. The van der Waals surface area contributed by atoms with E-state index < -0.39 is 0 Å². The number of aromatic nitrogens is 1. The van der Waals surface area contributed by atoms with Crippen molar-refractivity contribution in [2.45, 2.75) is 13.2 Å². The van der Waals surface area contributed by atoms with Crippen LogP contribution in [-0.4, -0.2) is 12.1 Å². The summed E-state index contributed by atoms with van der Waals surface area (Å²) >= 11 is 6.25. The van der Waals surface area contributed by atoms with Crippen LogP contribution in [0.3, 0.4) is 0 Å². The fourth-order valence-electron chi connectivity index (χ4n) is 2.46. The van der Waals surface area contributed by atoms with Crippen LogP contribution in [0.1, 0.15) is 11.1 Å². The van der Waals surface area contributed by atoms with Crippen LogP contribution in [0.15, 0.2) is 54.6 Å².